The Morgan fingerprint density at radius 1 is 1.64 bits per heavy atom. The van der Waals surface area contributed by atoms with Crippen LogP contribution in [0, 0.1) is 0 Å². The largest absolute Gasteiger partial charge is 0.367 e. The summed E-state index contributed by atoms with van der Waals surface area (Å²) in [6.07, 6.45) is 1.25. The fourth-order valence-electron chi connectivity index (χ4n) is 0.877. The van der Waals surface area contributed by atoms with Crippen molar-refractivity contribution in [1.29, 1.82) is 0 Å². The van der Waals surface area contributed by atoms with E-state index in [-0.39, 0.29) is 5.91 Å². The van der Waals surface area contributed by atoms with Gasteiger partial charge in [-0.2, -0.15) is 0 Å². The molecule has 0 aliphatic heterocycles. The lowest BCUT2D eigenvalue weighted by Gasteiger charge is -2.12. The Labute approximate surface area is 85.7 Å². The second-order valence-electron chi connectivity index (χ2n) is 2.90. The average Bonchev–Trinajstić information content (AvgIpc) is 2.20. The van der Waals surface area contributed by atoms with Gasteiger partial charge in [-0.15, -0.1) is 6.58 Å². The number of ether oxygens (including phenoxy) is 1. The van der Waals surface area contributed by atoms with Gasteiger partial charge in [0, 0.05) is 13.1 Å². The van der Waals surface area contributed by atoms with E-state index in [1.165, 1.54) is 0 Å². The lowest BCUT2D eigenvalue weighted by atomic mass is 10.3. The molecule has 1 atom stereocenters. The lowest BCUT2D eigenvalue weighted by molar-refractivity contribution is -0.131. The summed E-state index contributed by atoms with van der Waals surface area (Å²) in [5, 5.41) is 5.78. The van der Waals surface area contributed by atoms with Crippen LogP contribution in [0.1, 0.15) is 13.8 Å². The summed E-state index contributed by atoms with van der Waals surface area (Å²) in [7, 11) is 0. The maximum Gasteiger partial charge on any atom is 0.249 e. The number of hydrogen-bond acceptors (Lipinski definition) is 3. The fraction of sp³-hybridized carbons (Fsp3) is 0.700. The zero-order chi connectivity index (χ0) is 10.8. The van der Waals surface area contributed by atoms with Gasteiger partial charge < -0.3 is 15.4 Å². The molecule has 14 heavy (non-hydrogen) atoms. The van der Waals surface area contributed by atoms with Gasteiger partial charge in [0.05, 0.1) is 6.61 Å². The molecule has 0 aromatic rings. The highest BCUT2D eigenvalue weighted by molar-refractivity contribution is 5.80. The number of likely N-dealkylation sites (N-methyl/N-ethyl adjacent to an activating group) is 1. The van der Waals surface area contributed by atoms with E-state index in [0.717, 1.165) is 13.1 Å². The Hall–Kier alpha value is -0.870. The Balaban J connectivity index is 3.46. The van der Waals surface area contributed by atoms with Crippen molar-refractivity contribution in [3.05, 3.63) is 12.7 Å². The van der Waals surface area contributed by atoms with Crippen LogP contribution >= 0.6 is 0 Å². The van der Waals surface area contributed by atoms with Crippen LogP contribution in [-0.2, 0) is 9.53 Å². The average molecular weight is 200 g/mol. The number of rotatable bonds is 8. The van der Waals surface area contributed by atoms with Crippen molar-refractivity contribution in [2.45, 2.75) is 20.0 Å². The number of amides is 1. The molecule has 0 aromatic carbocycles. The van der Waals surface area contributed by atoms with Crippen LogP contribution in [0.3, 0.4) is 0 Å². The summed E-state index contributed by atoms with van der Waals surface area (Å²) in [6.45, 7) is 10.0. The molecule has 0 aliphatic carbocycles. The summed E-state index contributed by atoms with van der Waals surface area (Å²) >= 11 is 0. The molecular weight excluding hydrogens is 180 g/mol. The van der Waals surface area contributed by atoms with Gasteiger partial charge in [0.25, 0.3) is 0 Å². The summed E-state index contributed by atoms with van der Waals surface area (Å²) in [5.74, 6) is -0.0959. The molecule has 0 saturated carbocycles. The van der Waals surface area contributed by atoms with Gasteiger partial charge in [0.2, 0.25) is 5.91 Å². The van der Waals surface area contributed by atoms with Crippen LogP contribution in [-0.4, -0.2) is 38.3 Å². The van der Waals surface area contributed by atoms with Crippen LogP contribution in [0.25, 0.3) is 0 Å². The van der Waals surface area contributed by atoms with Crippen LogP contribution in [0.15, 0.2) is 12.7 Å². The number of nitrogens with one attached hydrogen (secondary N) is 2. The topological polar surface area (TPSA) is 50.4 Å². The molecule has 0 radical (unpaired) electrons. The third-order valence-corrected chi connectivity index (χ3v) is 1.69. The lowest BCUT2D eigenvalue weighted by Crippen LogP contribution is -2.35. The normalized spacial score (nSPS) is 12.1. The number of carbonyl (C=O) groups is 1. The summed E-state index contributed by atoms with van der Waals surface area (Å²) in [4.78, 5) is 11.3. The van der Waals surface area contributed by atoms with Gasteiger partial charge in [-0.25, -0.2) is 0 Å². The van der Waals surface area contributed by atoms with Crippen molar-refractivity contribution in [3.63, 3.8) is 0 Å². The Kier molecular flexibility index (Phi) is 8.17. The van der Waals surface area contributed by atoms with Crippen LogP contribution in [0.4, 0.5) is 0 Å². The molecule has 0 rings (SSSR count). The van der Waals surface area contributed by atoms with E-state index in [9.17, 15) is 4.79 Å². The van der Waals surface area contributed by atoms with Gasteiger partial charge in [0.1, 0.15) is 6.10 Å². The first kappa shape index (κ1) is 13.1. The van der Waals surface area contributed by atoms with Gasteiger partial charge in [0.15, 0.2) is 0 Å². The van der Waals surface area contributed by atoms with Gasteiger partial charge in [-0.3, -0.25) is 4.79 Å². The predicted octanol–water partition coefficient (Wildman–Crippen LogP) is 0.303. The first-order valence-corrected chi connectivity index (χ1v) is 4.93. The Morgan fingerprint density at radius 3 is 2.93 bits per heavy atom. The molecular formula is C10H20N2O2. The van der Waals surface area contributed by atoms with Crippen molar-refractivity contribution >= 4 is 5.91 Å². The van der Waals surface area contributed by atoms with Gasteiger partial charge in [-0.05, 0) is 13.5 Å². The monoisotopic (exact) mass is 200 g/mol. The van der Waals surface area contributed by atoms with Crippen LogP contribution in [0.2, 0.25) is 0 Å². The zero-order valence-electron chi connectivity index (χ0n) is 9.01. The third kappa shape index (κ3) is 6.62. The molecule has 1 amide bonds. The maximum atomic E-state index is 11.3. The van der Waals surface area contributed by atoms with Crippen molar-refractivity contribution in [1.82, 2.24) is 10.6 Å². The van der Waals surface area contributed by atoms with E-state index in [1.54, 1.807) is 13.0 Å². The number of carbonyl (C=O) groups excluding carboxylic acids is 1. The highest BCUT2D eigenvalue weighted by Gasteiger charge is 2.10. The Morgan fingerprint density at radius 2 is 2.36 bits per heavy atom. The molecule has 2 N–H and O–H groups in total. The van der Waals surface area contributed by atoms with E-state index in [4.69, 9.17) is 4.74 Å². The van der Waals surface area contributed by atoms with Crippen LogP contribution in [0.5, 0.6) is 0 Å². The van der Waals surface area contributed by atoms with Gasteiger partial charge >= 0.3 is 0 Å². The molecule has 0 spiro atoms. The minimum Gasteiger partial charge on any atom is -0.367 e. The van der Waals surface area contributed by atoms with Crippen molar-refractivity contribution in [3.8, 4) is 0 Å². The smallest absolute Gasteiger partial charge is 0.249 e. The second-order valence-corrected chi connectivity index (χ2v) is 2.90. The molecule has 4 nitrogen and oxygen atoms in total. The predicted molar refractivity (Wildman–Crippen MR) is 57.2 cm³/mol. The fourth-order valence-corrected chi connectivity index (χ4v) is 0.877. The molecule has 0 fully saturated rings. The minimum absolute atomic E-state index is 0.0959. The summed E-state index contributed by atoms with van der Waals surface area (Å²) in [6, 6.07) is 0. The molecule has 1 unspecified atom stereocenters. The maximum absolute atomic E-state index is 11.3. The summed E-state index contributed by atoms with van der Waals surface area (Å²) in [5.41, 5.74) is 0. The molecule has 82 valence electrons. The highest BCUT2D eigenvalue weighted by Crippen LogP contribution is 1.89. The summed E-state index contributed by atoms with van der Waals surface area (Å²) < 4.78 is 5.29. The SMILES string of the molecule is C=CCNC(=O)C(C)OCCNCC. The minimum atomic E-state index is -0.395. The van der Waals surface area contributed by atoms with Crippen molar-refractivity contribution < 1.29 is 9.53 Å². The van der Waals surface area contributed by atoms with E-state index in [1.807, 2.05) is 6.92 Å². The quantitative estimate of drug-likeness (QED) is 0.438. The highest BCUT2D eigenvalue weighted by atomic mass is 16.5. The standard InChI is InChI=1S/C10H20N2O2/c1-4-6-12-10(13)9(3)14-8-7-11-5-2/h4,9,11H,1,5-8H2,2-3H3,(H,12,13). The van der Waals surface area contributed by atoms with E-state index in [2.05, 4.69) is 17.2 Å². The molecule has 0 aliphatic rings. The zero-order valence-corrected chi connectivity index (χ0v) is 9.01. The first-order valence-electron chi connectivity index (χ1n) is 4.93. The second kappa shape index (κ2) is 8.72. The van der Waals surface area contributed by atoms with E-state index < -0.39 is 6.10 Å². The van der Waals surface area contributed by atoms with Crippen molar-refractivity contribution in [2.75, 3.05) is 26.2 Å². The molecule has 0 aromatic heterocycles. The first-order chi connectivity index (χ1) is 6.72. The molecule has 0 bridgehead atoms. The molecule has 0 heterocycles. The molecule has 4 heteroatoms. The molecule has 0 saturated heterocycles. The van der Waals surface area contributed by atoms with Gasteiger partial charge in [-0.1, -0.05) is 13.0 Å². The third-order valence-electron chi connectivity index (χ3n) is 1.69. The van der Waals surface area contributed by atoms with Crippen molar-refractivity contribution in [2.24, 2.45) is 0 Å². The van der Waals surface area contributed by atoms with E-state index >= 15 is 0 Å². The number of hydrogen-bond donors (Lipinski definition) is 2. The van der Waals surface area contributed by atoms with Crippen LogP contribution < -0.4 is 10.6 Å². The van der Waals surface area contributed by atoms with E-state index in [0.29, 0.717) is 13.2 Å². The Bertz CT molecular complexity index is 172.